The minimum atomic E-state index is -0.857. The Labute approximate surface area is 209 Å². The van der Waals surface area contributed by atoms with Crippen molar-refractivity contribution in [2.24, 2.45) is 0 Å². The third kappa shape index (κ3) is 5.28. The molecule has 0 saturated heterocycles. The van der Waals surface area contributed by atoms with Crippen molar-refractivity contribution >= 4 is 23.0 Å². The van der Waals surface area contributed by atoms with Gasteiger partial charge >= 0.3 is 0 Å². The lowest BCUT2D eigenvalue weighted by atomic mass is 9.94. The van der Waals surface area contributed by atoms with Crippen molar-refractivity contribution in [1.82, 2.24) is 9.88 Å². The summed E-state index contributed by atoms with van der Waals surface area (Å²) in [5, 5.41) is 11.6. The summed E-state index contributed by atoms with van der Waals surface area (Å²) in [6, 6.07) is 2.52. The number of aliphatic hydroxyl groups is 1. The lowest BCUT2D eigenvalue weighted by molar-refractivity contribution is -0.129. The van der Waals surface area contributed by atoms with E-state index in [1.54, 1.807) is 26.0 Å². The summed E-state index contributed by atoms with van der Waals surface area (Å²) in [5.41, 5.74) is 1.10. The van der Waals surface area contributed by atoms with E-state index in [0.717, 1.165) is 5.01 Å². The van der Waals surface area contributed by atoms with Crippen molar-refractivity contribution in [3.8, 4) is 17.2 Å². The maximum Gasteiger partial charge on any atom is 0.290 e. The molecule has 1 aromatic carbocycles. The zero-order valence-corrected chi connectivity index (χ0v) is 21.9. The summed E-state index contributed by atoms with van der Waals surface area (Å²) >= 11 is 1.23. The molecule has 2 heterocycles. The average molecular weight is 505 g/mol. The van der Waals surface area contributed by atoms with Gasteiger partial charge in [0.05, 0.1) is 54.6 Å². The number of hydrogen-bond donors (Lipinski definition) is 1. The molecule has 1 aliphatic heterocycles. The van der Waals surface area contributed by atoms with Crippen molar-refractivity contribution in [3.63, 3.8) is 0 Å². The molecule has 9 nitrogen and oxygen atoms in total. The summed E-state index contributed by atoms with van der Waals surface area (Å²) < 4.78 is 22.0. The second-order valence-electron chi connectivity index (χ2n) is 8.37. The first-order chi connectivity index (χ1) is 16.6. The van der Waals surface area contributed by atoms with Crippen molar-refractivity contribution in [3.05, 3.63) is 44.6 Å². The van der Waals surface area contributed by atoms with Gasteiger partial charge in [-0.2, -0.15) is 0 Å². The summed E-state index contributed by atoms with van der Waals surface area (Å²) in [7, 11) is 4.48. The number of aryl methyl sites for hydroxylation is 2. The first-order valence-electron chi connectivity index (χ1n) is 11.3. The molecule has 0 radical (unpaired) electrons. The van der Waals surface area contributed by atoms with Crippen LogP contribution in [0, 0.1) is 13.8 Å². The predicted octanol–water partition coefficient (Wildman–Crippen LogP) is 4.18. The number of thiazole rings is 1. The molecular weight excluding hydrogens is 472 g/mol. The lowest BCUT2D eigenvalue weighted by Crippen LogP contribution is -2.33. The highest BCUT2D eigenvalue weighted by molar-refractivity contribution is 7.14. The Morgan fingerprint density at radius 1 is 1.14 bits per heavy atom. The number of aliphatic hydroxyl groups excluding tert-OH is 1. The standard InChI is InChI=1S/C25H32N2O7S/c1-13(2)34-10-8-9-27-20(16-11-17(31-5)23(33-7)18(12-16)32-6)19(22(29)25(27)30)21(28)24-14(3)26-15(4)35-24/h11-13,20,29H,8-10H2,1-7H3. The summed E-state index contributed by atoms with van der Waals surface area (Å²) in [5.74, 6) is -0.478. The number of carbonyl (C=O) groups excluding carboxylic acids is 2. The van der Waals surface area contributed by atoms with Crippen molar-refractivity contribution < 1.29 is 33.6 Å². The molecule has 1 unspecified atom stereocenters. The van der Waals surface area contributed by atoms with Gasteiger partial charge < -0.3 is 29.0 Å². The van der Waals surface area contributed by atoms with Gasteiger partial charge in [-0.1, -0.05) is 0 Å². The Kier molecular flexibility index (Phi) is 8.39. The van der Waals surface area contributed by atoms with Crippen LogP contribution in [0.25, 0.3) is 0 Å². The zero-order chi connectivity index (χ0) is 25.9. The highest BCUT2D eigenvalue weighted by atomic mass is 32.1. The number of nitrogens with zero attached hydrogens (tertiary/aromatic N) is 2. The smallest absolute Gasteiger partial charge is 0.290 e. The molecule has 10 heteroatoms. The molecule has 1 amide bonds. The first-order valence-corrected chi connectivity index (χ1v) is 12.1. The number of benzene rings is 1. The monoisotopic (exact) mass is 504 g/mol. The van der Waals surface area contributed by atoms with Gasteiger partial charge in [-0.05, 0) is 51.8 Å². The molecule has 1 atom stereocenters. The molecule has 2 aromatic rings. The second kappa shape index (κ2) is 11.1. The molecule has 0 saturated carbocycles. The van der Waals surface area contributed by atoms with Crippen molar-refractivity contribution in [1.29, 1.82) is 0 Å². The summed E-state index contributed by atoms with van der Waals surface area (Å²) in [6.07, 6.45) is 0.578. The summed E-state index contributed by atoms with van der Waals surface area (Å²) in [6.45, 7) is 8.11. The van der Waals surface area contributed by atoms with Crippen LogP contribution in [0.4, 0.5) is 0 Å². The summed E-state index contributed by atoms with van der Waals surface area (Å²) in [4.78, 5) is 33.1. The van der Waals surface area contributed by atoms with Crippen LogP contribution < -0.4 is 14.2 Å². The van der Waals surface area contributed by atoms with E-state index in [-0.39, 0.29) is 18.2 Å². The largest absolute Gasteiger partial charge is 0.503 e. The van der Waals surface area contributed by atoms with Gasteiger partial charge in [0.2, 0.25) is 11.5 Å². The number of carbonyl (C=O) groups is 2. The molecule has 0 fully saturated rings. The number of hydrogen-bond acceptors (Lipinski definition) is 9. The normalized spacial score (nSPS) is 15.8. The molecule has 1 N–H and O–H groups in total. The Bertz CT molecular complexity index is 1110. The van der Waals surface area contributed by atoms with Gasteiger partial charge in [-0.3, -0.25) is 9.59 Å². The third-order valence-electron chi connectivity index (χ3n) is 5.66. The van der Waals surface area contributed by atoms with Gasteiger partial charge in [0.25, 0.3) is 5.91 Å². The van der Waals surface area contributed by atoms with Crippen molar-refractivity contribution in [2.45, 2.75) is 46.3 Å². The van der Waals surface area contributed by atoms with E-state index in [1.807, 2.05) is 13.8 Å². The van der Waals surface area contributed by atoms with Crippen LogP contribution >= 0.6 is 11.3 Å². The van der Waals surface area contributed by atoms with Gasteiger partial charge in [-0.15, -0.1) is 11.3 Å². The van der Waals surface area contributed by atoms with Crippen molar-refractivity contribution in [2.75, 3.05) is 34.5 Å². The van der Waals surface area contributed by atoms with E-state index in [9.17, 15) is 14.7 Å². The highest BCUT2D eigenvalue weighted by Gasteiger charge is 2.44. The molecule has 35 heavy (non-hydrogen) atoms. The van der Waals surface area contributed by atoms with E-state index in [0.29, 0.717) is 46.4 Å². The predicted molar refractivity (Wildman–Crippen MR) is 132 cm³/mol. The van der Waals surface area contributed by atoms with Crippen LogP contribution in [0.5, 0.6) is 17.2 Å². The Morgan fingerprint density at radius 2 is 1.77 bits per heavy atom. The minimum Gasteiger partial charge on any atom is -0.503 e. The van der Waals surface area contributed by atoms with Gasteiger partial charge in [-0.25, -0.2) is 4.98 Å². The molecular formula is C25H32N2O7S. The molecule has 0 bridgehead atoms. The van der Waals surface area contributed by atoms with E-state index >= 15 is 0 Å². The number of aromatic nitrogens is 1. The Balaban J connectivity index is 2.12. The van der Waals surface area contributed by atoms with E-state index in [2.05, 4.69) is 4.98 Å². The topological polar surface area (TPSA) is 107 Å². The number of Topliss-reactive ketones (excluding diaryl/α,β-unsaturated/α-hetero) is 1. The number of methoxy groups -OCH3 is 3. The zero-order valence-electron chi connectivity index (χ0n) is 21.1. The first kappa shape index (κ1) is 26.5. The molecule has 190 valence electrons. The van der Waals surface area contributed by atoms with Gasteiger partial charge in [0.15, 0.2) is 17.3 Å². The second-order valence-corrected chi connectivity index (χ2v) is 9.57. The number of ether oxygens (including phenoxy) is 4. The highest BCUT2D eigenvalue weighted by Crippen LogP contribution is 2.46. The average Bonchev–Trinajstić information content (AvgIpc) is 3.30. The fourth-order valence-corrected chi connectivity index (χ4v) is 5.01. The van der Waals surface area contributed by atoms with Crippen LogP contribution in [0.1, 0.15) is 52.2 Å². The van der Waals surface area contributed by atoms with Crippen LogP contribution in [-0.4, -0.2) is 67.3 Å². The van der Waals surface area contributed by atoms with E-state index in [1.165, 1.54) is 37.6 Å². The molecule has 0 aliphatic carbocycles. The number of rotatable bonds is 11. The van der Waals surface area contributed by atoms with Crippen LogP contribution in [0.15, 0.2) is 23.5 Å². The number of ketones is 1. The van der Waals surface area contributed by atoms with Crippen LogP contribution in [-0.2, 0) is 9.53 Å². The minimum absolute atomic E-state index is 0.000742. The molecule has 1 aromatic heterocycles. The number of amides is 1. The Morgan fingerprint density at radius 3 is 2.26 bits per heavy atom. The van der Waals surface area contributed by atoms with Gasteiger partial charge in [0.1, 0.15) is 0 Å². The maximum atomic E-state index is 13.7. The lowest BCUT2D eigenvalue weighted by Gasteiger charge is -2.28. The van der Waals surface area contributed by atoms with E-state index < -0.39 is 23.5 Å². The quantitative estimate of drug-likeness (QED) is 0.359. The molecule has 0 spiro atoms. The van der Waals surface area contributed by atoms with Gasteiger partial charge in [0, 0.05) is 13.2 Å². The van der Waals surface area contributed by atoms with Crippen LogP contribution in [0.2, 0.25) is 0 Å². The SMILES string of the molecule is COc1cc(C2C(C(=O)c3sc(C)nc3C)=C(O)C(=O)N2CCCOC(C)C)cc(OC)c1OC. The third-order valence-corrected chi connectivity index (χ3v) is 6.73. The molecule has 1 aliphatic rings. The van der Waals surface area contributed by atoms with Crippen LogP contribution in [0.3, 0.4) is 0 Å². The van der Waals surface area contributed by atoms with E-state index in [4.69, 9.17) is 18.9 Å². The Hall–Kier alpha value is -3.11. The fourth-order valence-electron chi connectivity index (χ4n) is 4.14. The molecule has 3 rings (SSSR count). The fraction of sp³-hybridized carbons (Fsp3) is 0.480. The maximum absolute atomic E-state index is 13.7.